The van der Waals surface area contributed by atoms with Gasteiger partial charge in [0.25, 0.3) is 0 Å². The summed E-state index contributed by atoms with van der Waals surface area (Å²) in [6.07, 6.45) is 0.994. The molecule has 0 atom stereocenters. The van der Waals surface area contributed by atoms with Crippen molar-refractivity contribution >= 4 is 10.9 Å². The fourth-order valence-electron chi connectivity index (χ4n) is 2.32. The second kappa shape index (κ2) is 5.83. The van der Waals surface area contributed by atoms with E-state index in [-0.39, 0.29) is 5.56 Å². The second-order valence-corrected chi connectivity index (χ2v) is 5.00. The summed E-state index contributed by atoms with van der Waals surface area (Å²) in [5, 5.41) is 1.02. The van der Waals surface area contributed by atoms with Gasteiger partial charge in [-0.1, -0.05) is 25.1 Å². The molecule has 0 saturated carbocycles. The van der Waals surface area contributed by atoms with Crippen molar-refractivity contribution in [2.24, 2.45) is 0 Å². The molecule has 1 N–H and O–H groups in total. The van der Waals surface area contributed by atoms with Gasteiger partial charge < -0.3 is 9.72 Å². The number of ether oxygens (including phenoxy) is 1. The van der Waals surface area contributed by atoms with Gasteiger partial charge >= 0.3 is 0 Å². The lowest BCUT2D eigenvalue weighted by molar-refractivity contribution is 0.317. The number of fused-ring (bicyclic) bond motifs is 1. The molecule has 106 valence electrons. The summed E-state index contributed by atoms with van der Waals surface area (Å²) >= 11 is 0. The minimum Gasteiger partial charge on any atom is -0.494 e. The number of rotatable bonds is 4. The lowest BCUT2D eigenvalue weighted by Gasteiger charge is -2.08. The van der Waals surface area contributed by atoms with Gasteiger partial charge in [-0.05, 0) is 53.3 Å². The van der Waals surface area contributed by atoms with Crippen LogP contribution in [0.15, 0.2) is 59.4 Å². The number of aromatic amines is 1. The summed E-state index contributed by atoms with van der Waals surface area (Å²) in [5.41, 5.74) is 2.99. The van der Waals surface area contributed by atoms with E-state index < -0.39 is 0 Å². The highest BCUT2D eigenvalue weighted by atomic mass is 16.5. The average molecular weight is 279 g/mol. The van der Waals surface area contributed by atoms with E-state index in [9.17, 15) is 4.79 Å². The highest BCUT2D eigenvalue weighted by molar-refractivity contribution is 5.84. The number of hydrogen-bond acceptors (Lipinski definition) is 2. The maximum absolute atomic E-state index is 11.3. The van der Waals surface area contributed by atoms with Gasteiger partial charge in [-0.25, -0.2) is 0 Å². The highest BCUT2D eigenvalue weighted by Crippen LogP contribution is 2.26. The minimum atomic E-state index is -0.0785. The van der Waals surface area contributed by atoms with E-state index >= 15 is 0 Å². The van der Waals surface area contributed by atoms with Gasteiger partial charge in [-0.15, -0.1) is 0 Å². The highest BCUT2D eigenvalue weighted by Gasteiger charge is 2.02. The van der Waals surface area contributed by atoms with Crippen LogP contribution >= 0.6 is 0 Å². The van der Waals surface area contributed by atoms with E-state index in [1.807, 2.05) is 36.4 Å². The van der Waals surface area contributed by atoms with E-state index in [1.54, 1.807) is 6.07 Å². The summed E-state index contributed by atoms with van der Waals surface area (Å²) in [7, 11) is 0. The molecule has 1 heterocycles. The number of hydrogen-bond donors (Lipinski definition) is 1. The zero-order valence-corrected chi connectivity index (χ0v) is 11.9. The maximum Gasteiger partial charge on any atom is 0.248 e. The van der Waals surface area contributed by atoms with Crippen molar-refractivity contribution in [3.63, 3.8) is 0 Å². The molecule has 0 fully saturated rings. The Morgan fingerprint density at radius 1 is 1.00 bits per heavy atom. The Bertz CT molecular complexity index is 821. The third-order valence-corrected chi connectivity index (χ3v) is 3.36. The Morgan fingerprint density at radius 2 is 1.86 bits per heavy atom. The monoisotopic (exact) mass is 279 g/mol. The Morgan fingerprint density at radius 3 is 2.71 bits per heavy atom. The number of aromatic nitrogens is 1. The number of nitrogens with one attached hydrogen (secondary N) is 1. The van der Waals surface area contributed by atoms with Crippen LogP contribution < -0.4 is 10.3 Å². The van der Waals surface area contributed by atoms with Crippen LogP contribution in [0.3, 0.4) is 0 Å². The molecule has 0 saturated heterocycles. The van der Waals surface area contributed by atoms with Crippen LogP contribution in [0.2, 0.25) is 0 Å². The standard InChI is InChI=1S/C18H17NO2/c1-2-10-21-16-5-3-4-13(12-16)14-6-8-17-15(11-14)7-9-18(20)19-17/h3-9,11-12H,2,10H2,1H3,(H,19,20). The van der Waals surface area contributed by atoms with Gasteiger partial charge in [-0.2, -0.15) is 0 Å². The van der Waals surface area contributed by atoms with Crippen molar-refractivity contribution in [3.8, 4) is 16.9 Å². The Hall–Kier alpha value is -2.55. The predicted octanol–water partition coefficient (Wildman–Crippen LogP) is 3.98. The Balaban J connectivity index is 1.99. The van der Waals surface area contributed by atoms with Crippen LogP contribution in [0.1, 0.15) is 13.3 Å². The van der Waals surface area contributed by atoms with Gasteiger partial charge in [0.1, 0.15) is 5.75 Å². The van der Waals surface area contributed by atoms with E-state index in [0.717, 1.165) is 40.8 Å². The first-order valence-corrected chi connectivity index (χ1v) is 7.12. The van der Waals surface area contributed by atoms with Crippen LogP contribution in [-0.4, -0.2) is 11.6 Å². The zero-order chi connectivity index (χ0) is 14.7. The van der Waals surface area contributed by atoms with E-state index in [0.29, 0.717) is 0 Å². The predicted molar refractivity (Wildman–Crippen MR) is 85.8 cm³/mol. The molecule has 0 radical (unpaired) electrons. The van der Waals surface area contributed by atoms with Crippen molar-refractivity contribution in [3.05, 3.63) is 65.0 Å². The molecule has 0 amide bonds. The first-order chi connectivity index (χ1) is 10.3. The average Bonchev–Trinajstić information content (AvgIpc) is 2.52. The van der Waals surface area contributed by atoms with Crippen LogP contribution in [0.25, 0.3) is 22.0 Å². The zero-order valence-electron chi connectivity index (χ0n) is 11.9. The van der Waals surface area contributed by atoms with Crippen molar-refractivity contribution in [2.45, 2.75) is 13.3 Å². The van der Waals surface area contributed by atoms with Crippen molar-refractivity contribution in [2.75, 3.05) is 6.61 Å². The van der Waals surface area contributed by atoms with Gasteiger partial charge in [-0.3, -0.25) is 4.79 Å². The molecule has 1 aromatic heterocycles. The molecule has 0 aliphatic heterocycles. The van der Waals surface area contributed by atoms with Gasteiger partial charge in [0.15, 0.2) is 0 Å². The molecule has 2 aromatic carbocycles. The number of H-pyrrole nitrogens is 1. The molecule has 0 bridgehead atoms. The molecule has 3 aromatic rings. The topological polar surface area (TPSA) is 42.1 Å². The van der Waals surface area contributed by atoms with E-state index in [2.05, 4.69) is 24.0 Å². The van der Waals surface area contributed by atoms with Crippen molar-refractivity contribution in [1.82, 2.24) is 4.98 Å². The van der Waals surface area contributed by atoms with E-state index in [1.165, 1.54) is 0 Å². The smallest absolute Gasteiger partial charge is 0.248 e. The second-order valence-electron chi connectivity index (χ2n) is 5.00. The van der Waals surface area contributed by atoms with Crippen LogP contribution in [-0.2, 0) is 0 Å². The molecule has 3 nitrogen and oxygen atoms in total. The summed E-state index contributed by atoms with van der Waals surface area (Å²) < 4.78 is 5.67. The van der Waals surface area contributed by atoms with Gasteiger partial charge in [0.05, 0.1) is 6.61 Å². The molecule has 0 aliphatic rings. The van der Waals surface area contributed by atoms with Crippen LogP contribution in [0, 0.1) is 0 Å². The Labute approximate surface area is 123 Å². The minimum absolute atomic E-state index is 0.0785. The molecule has 0 spiro atoms. The Kier molecular flexibility index (Phi) is 3.73. The molecule has 3 heteroatoms. The SMILES string of the molecule is CCCOc1cccc(-c2ccc3[nH]c(=O)ccc3c2)c1. The van der Waals surface area contributed by atoms with Crippen LogP contribution in [0.5, 0.6) is 5.75 Å². The first kappa shape index (κ1) is 13.4. The van der Waals surface area contributed by atoms with E-state index in [4.69, 9.17) is 4.74 Å². The number of benzene rings is 2. The van der Waals surface area contributed by atoms with Gasteiger partial charge in [0, 0.05) is 11.6 Å². The molecule has 3 rings (SSSR count). The van der Waals surface area contributed by atoms with Crippen molar-refractivity contribution in [1.29, 1.82) is 0 Å². The van der Waals surface area contributed by atoms with Crippen molar-refractivity contribution < 1.29 is 4.74 Å². The maximum atomic E-state index is 11.3. The number of pyridine rings is 1. The lowest BCUT2D eigenvalue weighted by Crippen LogP contribution is -2.02. The normalized spacial score (nSPS) is 10.7. The molecule has 0 unspecified atom stereocenters. The molecule has 0 aliphatic carbocycles. The summed E-state index contributed by atoms with van der Waals surface area (Å²) in [5.74, 6) is 0.885. The van der Waals surface area contributed by atoms with Gasteiger partial charge in [0.2, 0.25) is 5.56 Å². The lowest BCUT2D eigenvalue weighted by atomic mass is 10.0. The quantitative estimate of drug-likeness (QED) is 0.784. The third kappa shape index (κ3) is 2.97. The fourth-order valence-corrected chi connectivity index (χ4v) is 2.32. The summed E-state index contributed by atoms with van der Waals surface area (Å²) in [6.45, 7) is 2.82. The third-order valence-electron chi connectivity index (χ3n) is 3.36. The molecular weight excluding hydrogens is 262 g/mol. The largest absolute Gasteiger partial charge is 0.494 e. The molecule has 21 heavy (non-hydrogen) atoms. The summed E-state index contributed by atoms with van der Waals surface area (Å²) in [4.78, 5) is 14.1. The first-order valence-electron chi connectivity index (χ1n) is 7.12. The van der Waals surface area contributed by atoms with Crippen LogP contribution in [0.4, 0.5) is 0 Å². The molecular formula is C18H17NO2. The fraction of sp³-hybridized carbons (Fsp3) is 0.167. The summed E-state index contributed by atoms with van der Waals surface area (Å²) in [6, 6.07) is 17.5.